The van der Waals surface area contributed by atoms with Crippen molar-refractivity contribution in [3.8, 4) is 0 Å². The van der Waals surface area contributed by atoms with Gasteiger partial charge in [-0.1, -0.05) is 18.2 Å². The first kappa shape index (κ1) is 12.1. The van der Waals surface area contributed by atoms with Crippen LogP contribution < -0.4 is 5.73 Å². The minimum absolute atomic E-state index is 0.0820. The molecule has 86 valence electrons. The van der Waals surface area contributed by atoms with Crippen molar-refractivity contribution in [1.82, 2.24) is 0 Å². The van der Waals surface area contributed by atoms with Crippen LogP contribution in [0.5, 0.6) is 0 Å². The summed E-state index contributed by atoms with van der Waals surface area (Å²) in [5.74, 6) is -0.495. The van der Waals surface area contributed by atoms with E-state index in [1.54, 1.807) is 12.1 Å². The molecule has 1 aromatic carbocycles. The van der Waals surface area contributed by atoms with Crippen LogP contribution in [-0.2, 0) is 9.53 Å². The van der Waals surface area contributed by atoms with Gasteiger partial charge in [0.05, 0.1) is 18.5 Å². The first-order valence-corrected chi connectivity index (χ1v) is 4.62. The van der Waals surface area contributed by atoms with E-state index in [0.717, 1.165) is 0 Å². The highest BCUT2D eigenvalue weighted by Gasteiger charge is 2.20. The summed E-state index contributed by atoms with van der Waals surface area (Å²) in [6.07, 6.45) is -0.0820. The van der Waals surface area contributed by atoms with Crippen LogP contribution in [0.1, 0.15) is 18.0 Å². The predicted octanol–water partition coefficient (Wildman–Crippen LogP) is 1.16. The van der Waals surface area contributed by atoms with Gasteiger partial charge in [0, 0.05) is 17.7 Å². The first-order valence-electron chi connectivity index (χ1n) is 4.62. The molecule has 6 heteroatoms. The summed E-state index contributed by atoms with van der Waals surface area (Å²) in [6, 6.07) is 5.35. The normalized spacial score (nSPS) is 11.9. The first-order chi connectivity index (χ1) is 7.56. The van der Waals surface area contributed by atoms with Gasteiger partial charge in [0.2, 0.25) is 0 Å². The Morgan fingerprint density at radius 3 is 2.75 bits per heavy atom. The molecule has 0 saturated heterocycles. The number of carbonyl (C=O) groups excluding carboxylic acids is 1. The van der Waals surface area contributed by atoms with Gasteiger partial charge in [-0.3, -0.25) is 14.9 Å². The van der Waals surface area contributed by atoms with Crippen molar-refractivity contribution < 1.29 is 14.5 Å². The molecular weight excluding hydrogens is 212 g/mol. The molecule has 1 unspecified atom stereocenters. The molecule has 0 aliphatic rings. The molecule has 0 aliphatic heterocycles. The number of para-hydroxylation sites is 1. The van der Waals surface area contributed by atoms with Crippen LogP contribution in [0.3, 0.4) is 0 Å². The molecule has 0 aliphatic carbocycles. The number of carbonyl (C=O) groups is 1. The SMILES string of the molecule is COC(=O)CC(N)c1ccccc1[N+](=O)[O-]. The maximum absolute atomic E-state index is 11.0. The summed E-state index contributed by atoms with van der Waals surface area (Å²) >= 11 is 0. The fourth-order valence-corrected chi connectivity index (χ4v) is 1.34. The van der Waals surface area contributed by atoms with Crippen molar-refractivity contribution in [2.75, 3.05) is 7.11 Å². The molecular formula is C10H12N2O4. The fraction of sp³-hybridized carbons (Fsp3) is 0.300. The highest BCUT2D eigenvalue weighted by atomic mass is 16.6. The van der Waals surface area contributed by atoms with Gasteiger partial charge in [0.25, 0.3) is 5.69 Å². The lowest BCUT2D eigenvalue weighted by Gasteiger charge is -2.10. The van der Waals surface area contributed by atoms with Gasteiger partial charge < -0.3 is 10.5 Å². The quantitative estimate of drug-likeness (QED) is 0.470. The topological polar surface area (TPSA) is 95.5 Å². The Kier molecular flexibility index (Phi) is 3.96. The maximum Gasteiger partial charge on any atom is 0.307 e. The van der Waals surface area contributed by atoms with Gasteiger partial charge in [0.15, 0.2) is 0 Å². The second-order valence-corrected chi connectivity index (χ2v) is 3.20. The van der Waals surface area contributed by atoms with Crippen LogP contribution in [0, 0.1) is 10.1 Å². The number of hydrogen-bond acceptors (Lipinski definition) is 5. The van der Waals surface area contributed by atoms with Gasteiger partial charge in [-0.25, -0.2) is 0 Å². The number of rotatable bonds is 4. The Labute approximate surface area is 92.2 Å². The molecule has 1 atom stereocenters. The molecule has 0 fully saturated rings. The Morgan fingerprint density at radius 1 is 1.56 bits per heavy atom. The number of ether oxygens (including phenoxy) is 1. The smallest absolute Gasteiger partial charge is 0.307 e. The summed E-state index contributed by atoms with van der Waals surface area (Å²) in [6.45, 7) is 0. The van der Waals surface area contributed by atoms with Crippen molar-refractivity contribution in [2.24, 2.45) is 5.73 Å². The minimum Gasteiger partial charge on any atom is -0.469 e. The molecule has 0 aromatic heterocycles. The van der Waals surface area contributed by atoms with E-state index < -0.39 is 16.9 Å². The molecule has 0 saturated carbocycles. The van der Waals surface area contributed by atoms with Gasteiger partial charge in [0.1, 0.15) is 0 Å². The van der Waals surface area contributed by atoms with Crippen LogP contribution in [0.25, 0.3) is 0 Å². The summed E-state index contributed by atoms with van der Waals surface area (Å²) in [4.78, 5) is 21.2. The summed E-state index contributed by atoms with van der Waals surface area (Å²) in [7, 11) is 1.24. The lowest BCUT2D eigenvalue weighted by atomic mass is 10.0. The summed E-state index contributed by atoms with van der Waals surface area (Å²) < 4.78 is 4.45. The number of methoxy groups -OCH3 is 1. The van der Waals surface area contributed by atoms with Gasteiger partial charge in [-0.05, 0) is 0 Å². The van der Waals surface area contributed by atoms with E-state index in [0.29, 0.717) is 5.56 Å². The van der Waals surface area contributed by atoms with Crippen LogP contribution in [0.4, 0.5) is 5.69 Å². The zero-order chi connectivity index (χ0) is 12.1. The zero-order valence-electron chi connectivity index (χ0n) is 8.75. The van der Waals surface area contributed by atoms with E-state index in [9.17, 15) is 14.9 Å². The van der Waals surface area contributed by atoms with Gasteiger partial charge in [-0.15, -0.1) is 0 Å². The molecule has 1 rings (SSSR count). The van der Waals surface area contributed by atoms with Crippen LogP contribution in [0.2, 0.25) is 0 Å². The molecule has 16 heavy (non-hydrogen) atoms. The Bertz CT molecular complexity index is 406. The number of nitrogens with zero attached hydrogens (tertiary/aromatic N) is 1. The maximum atomic E-state index is 11.0. The Morgan fingerprint density at radius 2 is 2.19 bits per heavy atom. The third-order valence-electron chi connectivity index (χ3n) is 2.15. The molecule has 0 radical (unpaired) electrons. The standard InChI is InChI=1S/C10H12N2O4/c1-16-10(13)6-8(11)7-4-2-3-5-9(7)12(14)15/h2-5,8H,6,11H2,1H3. The zero-order valence-corrected chi connectivity index (χ0v) is 8.75. The lowest BCUT2D eigenvalue weighted by Crippen LogP contribution is -2.17. The van der Waals surface area contributed by atoms with Gasteiger partial charge >= 0.3 is 5.97 Å². The third kappa shape index (κ3) is 2.77. The summed E-state index contributed by atoms with van der Waals surface area (Å²) in [5.41, 5.74) is 5.95. The van der Waals surface area contributed by atoms with Crippen molar-refractivity contribution in [2.45, 2.75) is 12.5 Å². The van der Waals surface area contributed by atoms with Crippen molar-refractivity contribution >= 4 is 11.7 Å². The number of benzene rings is 1. The molecule has 6 nitrogen and oxygen atoms in total. The number of nitro benzene ring substituents is 1. The highest BCUT2D eigenvalue weighted by Crippen LogP contribution is 2.25. The number of hydrogen-bond donors (Lipinski definition) is 1. The average molecular weight is 224 g/mol. The third-order valence-corrected chi connectivity index (χ3v) is 2.15. The molecule has 0 bridgehead atoms. The minimum atomic E-state index is -0.728. The van der Waals surface area contributed by atoms with Crippen LogP contribution >= 0.6 is 0 Å². The van der Waals surface area contributed by atoms with Crippen LogP contribution in [-0.4, -0.2) is 18.0 Å². The lowest BCUT2D eigenvalue weighted by molar-refractivity contribution is -0.385. The molecule has 0 spiro atoms. The second kappa shape index (κ2) is 5.22. The fourth-order valence-electron chi connectivity index (χ4n) is 1.34. The largest absolute Gasteiger partial charge is 0.469 e. The molecule has 0 amide bonds. The molecule has 0 heterocycles. The average Bonchev–Trinajstić information content (AvgIpc) is 2.28. The molecule has 2 N–H and O–H groups in total. The Balaban J connectivity index is 2.94. The second-order valence-electron chi connectivity index (χ2n) is 3.20. The number of nitrogens with two attached hydrogens (primary N) is 1. The van der Waals surface area contributed by atoms with E-state index in [1.807, 2.05) is 0 Å². The van der Waals surface area contributed by atoms with E-state index in [-0.39, 0.29) is 12.1 Å². The van der Waals surface area contributed by atoms with Gasteiger partial charge in [-0.2, -0.15) is 0 Å². The van der Waals surface area contributed by atoms with Crippen LogP contribution in [0.15, 0.2) is 24.3 Å². The summed E-state index contributed by atoms with van der Waals surface area (Å²) in [5, 5.41) is 10.7. The van der Waals surface area contributed by atoms with Crippen molar-refractivity contribution in [3.63, 3.8) is 0 Å². The van der Waals surface area contributed by atoms with Crippen molar-refractivity contribution in [3.05, 3.63) is 39.9 Å². The monoisotopic (exact) mass is 224 g/mol. The van der Waals surface area contributed by atoms with E-state index in [4.69, 9.17) is 5.73 Å². The van der Waals surface area contributed by atoms with E-state index >= 15 is 0 Å². The van der Waals surface area contributed by atoms with Crippen molar-refractivity contribution in [1.29, 1.82) is 0 Å². The Hall–Kier alpha value is -1.95. The number of nitro groups is 1. The highest BCUT2D eigenvalue weighted by molar-refractivity contribution is 5.70. The number of esters is 1. The predicted molar refractivity (Wildman–Crippen MR) is 56.7 cm³/mol. The van der Waals surface area contributed by atoms with E-state index in [2.05, 4.69) is 4.74 Å². The van der Waals surface area contributed by atoms with E-state index in [1.165, 1.54) is 19.2 Å². The molecule has 1 aromatic rings.